The van der Waals surface area contributed by atoms with E-state index in [1.807, 2.05) is 0 Å². The Morgan fingerprint density at radius 1 is 0.225 bits per heavy atom. The van der Waals surface area contributed by atoms with Gasteiger partial charge in [-0.2, -0.15) is 129 Å². The SMILES string of the molecule is N#Cc1cc(-n2c3ccc(-c4ccc(C(F)(F)F)cc4C(F)(F)F)cc3c3cc(-c4ccc(C(F)(F)F)cc4C(F)(F)F)ccc32)c(-c2ccc(C#N)cc2C(F)(F)F)c(-n2c3ccc(-c4ccc(C(F)(F)F)cc4C(F)(F)F)cc3c3cc(-c4ccc(C(F)(F)F)cc4C(F)(F)F)ccc32)c1. The lowest BCUT2D eigenvalue weighted by molar-refractivity contribution is -0.144. The first-order valence-corrected chi connectivity index (χ1v) is 28.7. The maximum atomic E-state index is 16.1. The molecule has 0 saturated carbocycles. The molecule has 522 valence electrons. The van der Waals surface area contributed by atoms with E-state index in [2.05, 4.69) is 0 Å². The molecule has 0 atom stereocenters. The van der Waals surface area contributed by atoms with Gasteiger partial charge in [-0.1, -0.05) is 54.6 Å². The van der Waals surface area contributed by atoms with Crippen molar-refractivity contribution in [2.75, 3.05) is 0 Å². The van der Waals surface area contributed by atoms with E-state index in [-0.39, 0.29) is 48.5 Å². The Morgan fingerprint density at radius 3 is 0.686 bits per heavy atom. The molecule has 2 heterocycles. The monoisotopic (exact) mass is 1450 g/mol. The lowest BCUT2D eigenvalue weighted by atomic mass is 9.92. The molecule has 0 radical (unpaired) electrons. The van der Waals surface area contributed by atoms with Crippen molar-refractivity contribution in [2.24, 2.45) is 0 Å². The van der Waals surface area contributed by atoms with Crippen LogP contribution in [0, 0.1) is 22.7 Å². The van der Waals surface area contributed by atoms with E-state index in [9.17, 15) is 116 Å². The number of alkyl halides is 27. The Hall–Kier alpha value is -11.1. The minimum absolute atomic E-state index is 0.250. The number of halogens is 27. The van der Waals surface area contributed by atoms with Gasteiger partial charge >= 0.3 is 55.6 Å². The van der Waals surface area contributed by atoms with Gasteiger partial charge in [-0.3, -0.25) is 0 Å². The molecule has 0 amide bonds. The highest BCUT2D eigenvalue weighted by Crippen LogP contribution is 2.52. The molecule has 0 fully saturated rings. The summed E-state index contributed by atoms with van der Waals surface area (Å²) in [4.78, 5) is 0. The highest BCUT2D eigenvalue weighted by atomic mass is 19.4. The highest BCUT2D eigenvalue weighted by Gasteiger charge is 2.44. The van der Waals surface area contributed by atoms with Crippen molar-refractivity contribution >= 4 is 43.6 Å². The third kappa shape index (κ3) is 12.8. The molecule has 0 bridgehead atoms. The van der Waals surface area contributed by atoms with Crippen LogP contribution in [-0.2, 0) is 55.6 Å². The van der Waals surface area contributed by atoms with Gasteiger partial charge in [-0.05, 0) is 171 Å². The van der Waals surface area contributed by atoms with Gasteiger partial charge in [0.25, 0.3) is 0 Å². The number of benzene rings is 10. The standard InChI is InChI=1S/C71H29F27N4/c72-63(73,74)38-6-11-42(52(26-38)68(87,88)89)34-2-15-56-47(22-34)48-23-35(43-12-7-39(64(75,76)77)27-53(43)69(90,91)92)3-16-57(48)101(56)60-20-33(31-100)21-61(62(60)46-10-1-32(30-99)19-51(46)67(84,85)86)102-58-17-4-36(44-13-8-40(65(78,79)80)28-54(44)70(93,94)95)24-49(58)50-25-37(5-18-59(50)102)45-14-9-41(66(81,82)83)29-55(45)71(96,97)98/h1-29H. The van der Waals surface area contributed by atoms with Gasteiger partial charge in [0.1, 0.15) is 0 Å². The van der Waals surface area contributed by atoms with E-state index >= 15 is 13.2 Å². The zero-order valence-electron chi connectivity index (χ0n) is 49.7. The van der Waals surface area contributed by atoms with Gasteiger partial charge < -0.3 is 9.13 Å². The number of hydrogen-bond donors (Lipinski definition) is 0. The zero-order valence-corrected chi connectivity index (χ0v) is 49.7. The second-order valence-electron chi connectivity index (χ2n) is 23.0. The number of fused-ring (bicyclic) bond motifs is 6. The lowest BCUT2D eigenvalue weighted by Crippen LogP contribution is -2.12. The summed E-state index contributed by atoms with van der Waals surface area (Å²) in [6.07, 6.45) is -49.5. The molecule has 12 aromatic rings. The van der Waals surface area contributed by atoms with Gasteiger partial charge in [0.05, 0.1) is 107 Å². The third-order valence-electron chi connectivity index (χ3n) is 16.8. The van der Waals surface area contributed by atoms with Crippen LogP contribution in [0.25, 0.3) is 111 Å². The Morgan fingerprint density at radius 2 is 0.461 bits per heavy atom. The van der Waals surface area contributed by atoms with Gasteiger partial charge in [-0.25, -0.2) is 0 Å². The second-order valence-corrected chi connectivity index (χ2v) is 23.0. The molecular weight excluding hydrogens is 1420 g/mol. The molecule has 0 aliphatic carbocycles. The van der Waals surface area contributed by atoms with Crippen LogP contribution in [0.4, 0.5) is 119 Å². The summed E-state index contributed by atoms with van der Waals surface area (Å²) in [7, 11) is 0. The van der Waals surface area contributed by atoms with Crippen LogP contribution in [0.3, 0.4) is 0 Å². The predicted octanol–water partition coefficient (Wildman–Crippen LogP) is 25.1. The van der Waals surface area contributed by atoms with Crippen molar-refractivity contribution in [1.82, 2.24) is 9.13 Å². The minimum Gasteiger partial charge on any atom is -0.308 e. The Balaban J connectivity index is 1.25. The Kier molecular flexibility index (Phi) is 16.5. The molecule has 0 N–H and O–H groups in total. The first kappa shape index (κ1) is 70.7. The molecule has 4 nitrogen and oxygen atoms in total. The number of nitriles is 2. The summed E-state index contributed by atoms with van der Waals surface area (Å²) in [6.45, 7) is 0. The quantitative estimate of drug-likeness (QED) is 0.149. The molecule has 31 heteroatoms. The fraction of sp³-hybridized carbons (Fsp3) is 0.127. The summed E-state index contributed by atoms with van der Waals surface area (Å²) < 4.78 is 398. The molecule has 2 aromatic heterocycles. The van der Waals surface area contributed by atoms with Gasteiger partial charge in [0.2, 0.25) is 0 Å². The predicted molar refractivity (Wildman–Crippen MR) is 317 cm³/mol. The summed E-state index contributed by atoms with van der Waals surface area (Å²) in [5.74, 6) is 0. The maximum Gasteiger partial charge on any atom is 0.417 e. The fourth-order valence-electron chi connectivity index (χ4n) is 12.4. The van der Waals surface area contributed by atoms with Gasteiger partial charge in [0.15, 0.2) is 0 Å². The van der Waals surface area contributed by atoms with Crippen molar-refractivity contribution in [1.29, 1.82) is 10.5 Å². The molecule has 0 saturated heterocycles. The first-order valence-electron chi connectivity index (χ1n) is 28.7. The number of rotatable bonds is 7. The molecule has 0 unspecified atom stereocenters. The van der Waals surface area contributed by atoms with Crippen molar-refractivity contribution in [3.8, 4) is 79.1 Å². The summed E-state index contributed by atoms with van der Waals surface area (Å²) in [5, 5.41) is 19.2. The maximum absolute atomic E-state index is 16.1. The number of hydrogen-bond acceptors (Lipinski definition) is 2. The summed E-state index contributed by atoms with van der Waals surface area (Å²) in [5.41, 5.74) is -29.0. The van der Waals surface area contributed by atoms with Crippen molar-refractivity contribution < 1.29 is 119 Å². The normalized spacial score (nSPS) is 13.2. The van der Waals surface area contributed by atoms with Crippen molar-refractivity contribution in [2.45, 2.75) is 55.6 Å². The lowest BCUT2D eigenvalue weighted by Gasteiger charge is -2.23. The van der Waals surface area contributed by atoms with Crippen LogP contribution in [0.2, 0.25) is 0 Å². The van der Waals surface area contributed by atoms with Crippen molar-refractivity contribution in [3.05, 3.63) is 237 Å². The number of aromatic nitrogens is 2. The summed E-state index contributed by atoms with van der Waals surface area (Å²) in [6, 6.07) is 19.2. The average Bonchev–Trinajstić information content (AvgIpc) is 1.54. The van der Waals surface area contributed by atoms with Crippen LogP contribution >= 0.6 is 0 Å². The first-order chi connectivity index (χ1) is 47.2. The van der Waals surface area contributed by atoms with Gasteiger partial charge in [0, 0.05) is 27.1 Å². The molecule has 0 aliphatic rings. The van der Waals surface area contributed by atoms with Crippen LogP contribution in [0.15, 0.2) is 176 Å². The molecule has 0 aliphatic heterocycles. The largest absolute Gasteiger partial charge is 0.417 e. The minimum atomic E-state index is -5.60. The third-order valence-corrected chi connectivity index (χ3v) is 16.8. The zero-order chi connectivity index (χ0) is 74.5. The average molecular weight is 1450 g/mol. The smallest absolute Gasteiger partial charge is 0.308 e. The van der Waals surface area contributed by atoms with Crippen LogP contribution in [0.1, 0.15) is 61.2 Å². The topological polar surface area (TPSA) is 57.4 Å². The van der Waals surface area contributed by atoms with E-state index < -0.39 is 227 Å². The van der Waals surface area contributed by atoms with E-state index in [1.54, 1.807) is 6.07 Å². The van der Waals surface area contributed by atoms with Crippen LogP contribution in [-0.4, -0.2) is 9.13 Å². The number of nitrogens with zero attached hydrogens (tertiary/aromatic N) is 4. The van der Waals surface area contributed by atoms with Crippen LogP contribution < -0.4 is 0 Å². The summed E-state index contributed by atoms with van der Waals surface area (Å²) >= 11 is 0. The molecule has 0 spiro atoms. The van der Waals surface area contributed by atoms with E-state index in [0.29, 0.717) is 36.4 Å². The fourth-order valence-corrected chi connectivity index (χ4v) is 12.4. The molecular formula is C71H29F27N4. The van der Waals surface area contributed by atoms with Crippen molar-refractivity contribution in [3.63, 3.8) is 0 Å². The Labute approximate surface area is 552 Å². The molecule has 102 heavy (non-hydrogen) atoms. The van der Waals surface area contributed by atoms with Gasteiger partial charge in [-0.15, -0.1) is 0 Å². The second kappa shape index (κ2) is 23.8. The van der Waals surface area contributed by atoms with E-state index in [0.717, 1.165) is 100 Å². The molecule has 10 aromatic carbocycles. The Bertz CT molecular complexity index is 4970. The van der Waals surface area contributed by atoms with E-state index in [1.165, 1.54) is 6.07 Å². The van der Waals surface area contributed by atoms with Crippen LogP contribution in [0.5, 0.6) is 0 Å². The molecule has 12 rings (SSSR count). The highest BCUT2D eigenvalue weighted by molar-refractivity contribution is 6.15. The van der Waals surface area contributed by atoms with E-state index in [4.69, 9.17) is 0 Å².